The molecule has 3 rings (SSSR count). The van der Waals surface area contributed by atoms with Crippen LogP contribution in [0.3, 0.4) is 0 Å². The van der Waals surface area contributed by atoms with Gasteiger partial charge in [0.2, 0.25) is 9.84 Å². The van der Waals surface area contributed by atoms with E-state index < -0.39 is 28.5 Å². The number of sulfone groups is 1. The van der Waals surface area contributed by atoms with Crippen molar-refractivity contribution in [3.63, 3.8) is 0 Å². The van der Waals surface area contributed by atoms with Crippen molar-refractivity contribution in [2.24, 2.45) is 0 Å². The summed E-state index contributed by atoms with van der Waals surface area (Å²) in [5, 5.41) is 22.6. The highest BCUT2D eigenvalue weighted by atomic mass is 35.5. The second kappa shape index (κ2) is 12.0. The van der Waals surface area contributed by atoms with Crippen LogP contribution in [0.2, 0.25) is 5.02 Å². The first-order chi connectivity index (χ1) is 15.3. The van der Waals surface area contributed by atoms with Crippen molar-refractivity contribution in [2.75, 3.05) is 13.2 Å². The molecule has 0 unspecified atom stereocenters. The molecule has 0 radical (unpaired) electrons. The summed E-state index contributed by atoms with van der Waals surface area (Å²) in [6.45, 7) is 0.266. The molecule has 3 aromatic carbocycles. The number of ether oxygens (including phenoxy) is 1. The van der Waals surface area contributed by atoms with E-state index in [1.54, 1.807) is 36.4 Å². The maximum absolute atomic E-state index is 12.8. The first-order valence-corrected chi connectivity index (χ1v) is 11.5. The predicted octanol–water partition coefficient (Wildman–Crippen LogP) is 3.88. The Bertz CT molecular complexity index is 1170. The second-order valence-corrected chi connectivity index (χ2v) is 9.39. The van der Waals surface area contributed by atoms with Crippen LogP contribution in [-0.2, 0) is 21.2 Å². The summed E-state index contributed by atoms with van der Waals surface area (Å²) in [5.41, 5.74) is 1.57. The first-order valence-electron chi connectivity index (χ1n) is 9.68. The van der Waals surface area contributed by atoms with Crippen LogP contribution in [0.15, 0.2) is 82.6 Å². The van der Waals surface area contributed by atoms with Crippen LogP contribution in [0.25, 0.3) is 0 Å². The van der Waals surface area contributed by atoms with E-state index in [9.17, 15) is 18.3 Å². The summed E-state index contributed by atoms with van der Waals surface area (Å²) in [6.07, 6.45) is -0.712. The van der Waals surface area contributed by atoms with Crippen LogP contribution in [0.1, 0.15) is 17.2 Å². The maximum atomic E-state index is 12.8. The Morgan fingerprint density at radius 2 is 1.61 bits per heavy atom. The molecule has 3 aromatic rings. The molecule has 0 aliphatic carbocycles. The van der Waals surface area contributed by atoms with E-state index in [0.717, 1.165) is 5.56 Å². The zero-order valence-corrected chi connectivity index (χ0v) is 19.7. The molecular formula is C23H23Cl2NO6S. The normalized spacial score (nSPS) is 11.9. The molecule has 7 nitrogen and oxygen atoms in total. The van der Waals surface area contributed by atoms with Gasteiger partial charge in [-0.25, -0.2) is 13.2 Å². The fourth-order valence-corrected chi connectivity index (χ4v) is 4.43. The Labute approximate surface area is 203 Å². The van der Waals surface area contributed by atoms with Crippen LogP contribution in [0.5, 0.6) is 5.75 Å². The van der Waals surface area contributed by atoms with Gasteiger partial charge in [0.15, 0.2) is 6.61 Å². The molecule has 0 heterocycles. The number of aliphatic hydroxyl groups is 1. The number of hydrogen-bond donors (Lipinski definition) is 3. The lowest BCUT2D eigenvalue weighted by molar-refractivity contribution is -0.139. The molecule has 0 amide bonds. The van der Waals surface area contributed by atoms with Gasteiger partial charge in [0.25, 0.3) is 0 Å². The minimum atomic E-state index is -3.72. The molecule has 0 aromatic heterocycles. The standard InChI is InChI=1S/C23H22ClNO6S.ClH/c24-18-3-1-2-17(12-18)22(26)14-25-13-16-4-8-20(9-5-16)32(29,30)21-10-6-19(7-11-21)31-15-23(27)28;/h1-12,22,25-26H,13-15H2,(H,27,28);1H/t22-;/m1./s1. The lowest BCUT2D eigenvalue weighted by atomic mass is 10.1. The van der Waals surface area contributed by atoms with E-state index in [-0.39, 0.29) is 27.9 Å². The summed E-state index contributed by atoms with van der Waals surface area (Å²) in [7, 11) is -3.72. The molecule has 3 N–H and O–H groups in total. The van der Waals surface area contributed by atoms with E-state index >= 15 is 0 Å². The zero-order chi connectivity index (χ0) is 23.1. The number of nitrogens with one attached hydrogen (secondary N) is 1. The highest BCUT2D eigenvalue weighted by Gasteiger charge is 2.17. The third-order valence-corrected chi connectivity index (χ3v) is 6.65. The number of carboxylic acid groups (broad SMARTS) is 1. The maximum Gasteiger partial charge on any atom is 0.341 e. The topological polar surface area (TPSA) is 113 Å². The van der Waals surface area contributed by atoms with Crippen molar-refractivity contribution in [3.05, 3.63) is 88.9 Å². The summed E-state index contributed by atoms with van der Waals surface area (Å²) < 4.78 is 30.7. The van der Waals surface area contributed by atoms with E-state index in [1.165, 1.54) is 36.4 Å². The number of rotatable bonds is 10. The van der Waals surface area contributed by atoms with Crippen LogP contribution in [-0.4, -0.2) is 37.8 Å². The summed E-state index contributed by atoms with van der Waals surface area (Å²) in [5.74, 6) is -0.844. The first kappa shape index (κ1) is 26.6. The quantitative estimate of drug-likeness (QED) is 0.378. The van der Waals surface area contributed by atoms with Crippen molar-refractivity contribution in [1.29, 1.82) is 0 Å². The lowest BCUT2D eigenvalue weighted by Gasteiger charge is -2.13. The SMILES string of the molecule is Cl.O=C(O)COc1ccc(S(=O)(=O)c2ccc(CNC[C@@H](O)c3cccc(Cl)c3)cc2)cc1. The van der Waals surface area contributed by atoms with E-state index in [4.69, 9.17) is 21.4 Å². The van der Waals surface area contributed by atoms with Crippen LogP contribution < -0.4 is 10.1 Å². The van der Waals surface area contributed by atoms with E-state index in [0.29, 0.717) is 23.7 Å². The van der Waals surface area contributed by atoms with Gasteiger partial charge in [0.1, 0.15) is 5.75 Å². The number of hydrogen-bond acceptors (Lipinski definition) is 6. The molecule has 176 valence electrons. The number of aliphatic hydroxyl groups excluding tert-OH is 1. The molecule has 33 heavy (non-hydrogen) atoms. The fourth-order valence-electron chi connectivity index (χ4n) is 2.97. The highest BCUT2D eigenvalue weighted by molar-refractivity contribution is 7.91. The van der Waals surface area contributed by atoms with E-state index in [2.05, 4.69) is 5.32 Å². The monoisotopic (exact) mass is 511 g/mol. The van der Waals surface area contributed by atoms with Gasteiger partial charge < -0.3 is 20.3 Å². The molecule has 10 heteroatoms. The van der Waals surface area contributed by atoms with Crippen molar-refractivity contribution in [1.82, 2.24) is 5.32 Å². The molecule has 1 atom stereocenters. The van der Waals surface area contributed by atoms with Gasteiger partial charge in [-0.3, -0.25) is 0 Å². The minimum absolute atomic E-state index is 0. The second-order valence-electron chi connectivity index (χ2n) is 7.00. The number of carbonyl (C=O) groups is 1. The molecule has 0 aliphatic heterocycles. The average Bonchev–Trinajstić information content (AvgIpc) is 2.78. The summed E-state index contributed by atoms with van der Waals surface area (Å²) in [6, 6.07) is 19.0. The third kappa shape index (κ3) is 7.45. The van der Waals surface area contributed by atoms with Crippen LogP contribution >= 0.6 is 24.0 Å². The Kier molecular flexibility index (Phi) is 9.70. The summed E-state index contributed by atoms with van der Waals surface area (Å²) >= 11 is 5.94. The number of carboxylic acids is 1. The Morgan fingerprint density at radius 1 is 1.00 bits per heavy atom. The molecule has 0 fully saturated rings. The molecular weight excluding hydrogens is 489 g/mol. The number of benzene rings is 3. The predicted molar refractivity (Wildman–Crippen MR) is 127 cm³/mol. The van der Waals surface area contributed by atoms with Crippen LogP contribution in [0, 0.1) is 0 Å². The van der Waals surface area contributed by atoms with Gasteiger partial charge in [0, 0.05) is 18.1 Å². The molecule has 0 spiro atoms. The van der Waals surface area contributed by atoms with Crippen molar-refractivity contribution < 1.29 is 28.2 Å². The Hall–Kier alpha value is -2.62. The largest absolute Gasteiger partial charge is 0.482 e. The molecule has 0 bridgehead atoms. The smallest absolute Gasteiger partial charge is 0.341 e. The van der Waals surface area contributed by atoms with Crippen molar-refractivity contribution in [2.45, 2.75) is 22.4 Å². The van der Waals surface area contributed by atoms with Gasteiger partial charge in [-0.2, -0.15) is 0 Å². The lowest BCUT2D eigenvalue weighted by Crippen LogP contribution is -2.21. The number of aliphatic carboxylic acids is 1. The van der Waals surface area contributed by atoms with Crippen LogP contribution in [0.4, 0.5) is 0 Å². The minimum Gasteiger partial charge on any atom is -0.482 e. The van der Waals surface area contributed by atoms with Gasteiger partial charge in [-0.15, -0.1) is 12.4 Å². The van der Waals surface area contributed by atoms with Crippen molar-refractivity contribution in [3.8, 4) is 5.75 Å². The molecule has 0 saturated heterocycles. The summed E-state index contributed by atoms with van der Waals surface area (Å²) in [4.78, 5) is 10.8. The fraction of sp³-hybridized carbons (Fsp3) is 0.174. The molecule has 0 saturated carbocycles. The molecule has 0 aliphatic rings. The van der Waals surface area contributed by atoms with Gasteiger partial charge in [0.05, 0.1) is 15.9 Å². The van der Waals surface area contributed by atoms with Gasteiger partial charge in [-0.05, 0) is 59.7 Å². The van der Waals surface area contributed by atoms with Gasteiger partial charge in [-0.1, -0.05) is 35.9 Å². The van der Waals surface area contributed by atoms with Gasteiger partial charge >= 0.3 is 5.97 Å². The van der Waals surface area contributed by atoms with Crippen molar-refractivity contribution >= 4 is 39.8 Å². The Morgan fingerprint density at radius 3 is 2.18 bits per heavy atom. The highest BCUT2D eigenvalue weighted by Crippen LogP contribution is 2.24. The average molecular weight is 512 g/mol. The number of halogens is 2. The zero-order valence-electron chi connectivity index (χ0n) is 17.3. The van der Waals surface area contributed by atoms with E-state index in [1.807, 2.05) is 0 Å². The Balaban J connectivity index is 0.00000385. The third-order valence-electron chi connectivity index (χ3n) is 4.63.